The summed E-state index contributed by atoms with van der Waals surface area (Å²) in [5.41, 5.74) is 3.39. The van der Waals surface area contributed by atoms with Crippen LogP contribution < -0.4 is 10.6 Å². The molecule has 0 saturated heterocycles. The minimum Gasteiger partial charge on any atom is -0.375 e. The van der Waals surface area contributed by atoms with Gasteiger partial charge in [0.25, 0.3) is 0 Å². The Balaban J connectivity index is 0.00000300. The van der Waals surface area contributed by atoms with Gasteiger partial charge < -0.3 is 19.9 Å². The molecule has 3 aromatic rings. The molecule has 1 unspecified atom stereocenters. The molecule has 0 fully saturated rings. The Morgan fingerprint density at radius 3 is 2.55 bits per heavy atom. The fourth-order valence-electron chi connectivity index (χ4n) is 3.34. The Bertz CT molecular complexity index is 910. The first-order valence-electron chi connectivity index (χ1n) is 9.67. The number of imidazole rings is 1. The van der Waals surface area contributed by atoms with E-state index in [0.29, 0.717) is 6.54 Å². The smallest absolute Gasteiger partial charge is 0.191 e. The second-order valence-corrected chi connectivity index (χ2v) is 6.67. The summed E-state index contributed by atoms with van der Waals surface area (Å²) in [4.78, 5) is 8.93. The van der Waals surface area contributed by atoms with Crippen molar-refractivity contribution in [1.29, 1.82) is 0 Å². The Morgan fingerprint density at radius 1 is 1.10 bits per heavy atom. The summed E-state index contributed by atoms with van der Waals surface area (Å²) in [6.45, 7) is 4.46. The number of hydrogen-bond acceptors (Lipinski definition) is 3. The molecule has 0 amide bonds. The zero-order chi connectivity index (χ0) is 19.8. The van der Waals surface area contributed by atoms with E-state index in [1.54, 1.807) is 14.2 Å². The third-order valence-corrected chi connectivity index (χ3v) is 4.83. The van der Waals surface area contributed by atoms with Gasteiger partial charge in [0.15, 0.2) is 5.96 Å². The third kappa shape index (κ3) is 6.17. The molecule has 1 heterocycles. The van der Waals surface area contributed by atoms with E-state index in [9.17, 15) is 0 Å². The lowest BCUT2D eigenvalue weighted by Crippen LogP contribution is -2.40. The van der Waals surface area contributed by atoms with Crippen LogP contribution in [0.4, 0.5) is 0 Å². The van der Waals surface area contributed by atoms with E-state index in [-0.39, 0.29) is 30.1 Å². The van der Waals surface area contributed by atoms with Crippen LogP contribution in [-0.4, -0.2) is 42.8 Å². The summed E-state index contributed by atoms with van der Waals surface area (Å²) < 4.78 is 7.87. The number of para-hydroxylation sites is 2. The maximum atomic E-state index is 5.60. The summed E-state index contributed by atoms with van der Waals surface area (Å²) in [5.74, 6) is 1.83. The number of ether oxygens (including phenoxy) is 1. The number of fused-ring (bicyclic) bond motifs is 1. The van der Waals surface area contributed by atoms with Crippen LogP contribution in [0.5, 0.6) is 0 Å². The van der Waals surface area contributed by atoms with Gasteiger partial charge in [-0.15, -0.1) is 24.0 Å². The minimum absolute atomic E-state index is 0. The highest BCUT2D eigenvalue weighted by molar-refractivity contribution is 14.0. The van der Waals surface area contributed by atoms with E-state index in [4.69, 9.17) is 4.74 Å². The van der Waals surface area contributed by atoms with E-state index in [1.165, 1.54) is 5.52 Å². The second-order valence-electron chi connectivity index (χ2n) is 6.67. The molecule has 7 heteroatoms. The van der Waals surface area contributed by atoms with E-state index in [0.717, 1.165) is 42.4 Å². The van der Waals surface area contributed by atoms with Crippen LogP contribution in [0.15, 0.2) is 59.6 Å². The van der Waals surface area contributed by atoms with Gasteiger partial charge in [-0.25, -0.2) is 4.98 Å². The van der Waals surface area contributed by atoms with E-state index >= 15 is 0 Å². The first-order chi connectivity index (χ1) is 13.7. The fraction of sp³-hybridized carbons (Fsp3) is 0.364. The number of rotatable bonds is 8. The van der Waals surface area contributed by atoms with Gasteiger partial charge in [-0.2, -0.15) is 0 Å². The predicted octanol–water partition coefficient (Wildman–Crippen LogP) is 3.91. The van der Waals surface area contributed by atoms with Gasteiger partial charge in [-0.3, -0.25) is 4.99 Å². The largest absolute Gasteiger partial charge is 0.375 e. The van der Waals surface area contributed by atoms with E-state index < -0.39 is 0 Å². The predicted molar refractivity (Wildman–Crippen MR) is 130 cm³/mol. The first-order valence-corrected chi connectivity index (χ1v) is 9.67. The molecule has 0 radical (unpaired) electrons. The number of halogens is 1. The van der Waals surface area contributed by atoms with Gasteiger partial charge in [-0.1, -0.05) is 42.5 Å². The van der Waals surface area contributed by atoms with Crippen LogP contribution in [0.2, 0.25) is 0 Å². The molecule has 0 aliphatic rings. The number of guanidine groups is 1. The summed E-state index contributed by atoms with van der Waals surface area (Å²) in [6, 6.07) is 18.5. The highest BCUT2D eigenvalue weighted by atomic mass is 127. The molecule has 0 spiro atoms. The van der Waals surface area contributed by atoms with Crippen LogP contribution in [-0.2, 0) is 11.3 Å². The number of methoxy groups -OCH3 is 1. The summed E-state index contributed by atoms with van der Waals surface area (Å²) in [7, 11) is 3.51. The molecule has 0 saturated carbocycles. The molecule has 3 rings (SSSR count). The highest BCUT2D eigenvalue weighted by Crippen LogP contribution is 2.16. The molecule has 29 heavy (non-hydrogen) atoms. The number of nitrogens with one attached hydrogen (secondary N) is 2. The van der Waals surface area contributed by atoms with Crippen molar-refractivity contribution >= 4 is 41.0 Å². The Kier molecular flexibility index (Phi) is 9.40. The van der Waals surface area contributed by atoms with Crippen molar-refractivity contribution < 1.29 is 4.74 Å². The maximum Gasteiger partial charge on any atom is 0.191 e. The molecule has 0 aliphatic heterocycles. The highest BCUT2D eigenvalue weighted by Gasteiger charge is 2.11. The topological polar surface area (TPSA) is 63.5 Å². The molecular formula is C22H30IN5O. The van der Waals surface area contributed by atoms with Crippen molar-refractivity contribution in [1.82, 2.24) is 20.2 Å². The van der Waals surface area contributed by atoms with Crippen molar-refractivity contribution in [3.8, 4) is 0 Å². The minimum atomic E-state index is -0.0142. The van der Waals surface area contributed by atoms with Gasteiger partial charge in [0.05, 0.1) is 17.1 Å². The lowest BCUT2D eigenvalue weighted by atomic mass is 10.1. The maximum absolute atomic E-state index is 5.60. The van der Waals surface area contributed by atoms with Crippen molar-refractivity contribution in [3.05, 3.63) is 66.0 Å². The summed E-state index contributed by atoms with van der Waals surface area (Å²) >= 11 is 0. The number of nitrogens with zero attached hydrogens (tertiary/aromatic N) is 3. The molecule has 2 aromatic carbocycles. The Morgan fingerprint density at radius 2 is 1.83 bits per heavy atom. The average Bonchev–Trinajstić information content (AvgIpc) is 3.06. The van der Waals surface area contributed by atoms with Gasteiger partial charge in [0.1, 0.15) is 5.82 Å². The number of benzene rings is 2. The molecule has 1 atom stereocenters. The molecule has 0 aliphatic carbocycles. The van der Waals surface area contributed by atoms with Crippen LogP contribution in [0.25, 0.3) is 11.0 Å². The molecule has 1 aromatic heterocycles. The molecule has 156 valence electrons. The van der Waals surface area contributed by atoms with Crippen molar-refractivity contribution in [2.45, 2.75) is 26.0 Å². The lowest BCUT2D eigenvalue weighted by Gasteiger charge is -2.19. The third-order valence-electron chi connectivity index (χ3n) is 4.83. The summed E-state index contributed by atoms with van der Waals surface area (Å²) in [6.07, 6.45) is 0.966. The average molecular weight is 507 g/mol. The zero-order valence-corrected chi connectivity index (χ0v) is 19.6. The fourth-order valence-corrected chi connectivity index (χ4v) is 3.34. The number of aryl methyl sites for hydroxylation is 2. The molecule has 0 bridgehead atoms. The van der Waals surface area contributed by atoms with Crippen LogP contribution in [0.1, 0.15) is 23.9 Å². The number of hydrogen-bond donors (Lipinski definition) is 2. The zero-order valence-electron chi connectivity index (χ0n) is 17.3. The summed E-state index contributed by atoms with van der Waals surface area (Å²) in [5, 5.41) is 6.73. The molecular weight excluding hydrogens is 477 g/mol. The number of aromatic nitrogens is 2. The van der Waals surface area contributed by atoms with Crippen molar-refractivity contribution in [2.24, 2.45) is 4.99 Å². The Hall–Kier alpha value is -2.13. The second kappa shape index (κ2) is 11.8. The normalized spacial score (nSPS) is 12.4. The van der Waals surface area contributed by atoms with E-state index in [2.05, 4.69) is 62.4 Å². The van der Waals surface area contributed by atoms with E-state index in [1.807, 2.05) is 24.3 Å². The van der Waals surface area contributed by atoms with Crippen molar-refractivity contribution in [3.63, 3.8) is 0 Å². The SMILES string of the molecule is CN=C(NCCCn1c(C)nc2ccccc21)NCC(OC)c1ccccc1.I. The quantitative estimate of drug-likeness (QED) is 0.210. The lowest BCUT2D eigenvalue weighted by molar-refractivity contribution is 0.106. The standard InChI is InChI=1S/C22H29N5O.HI/c1-17-26-19-12-7-8-13-20(19)27(17)15-9-14-24-22(23-2)25-16-21(28-3)18-10-5-4-6-11-18;/h4-8,10-13,21H,9,14-16H2,1-3H3,(H2,23,24,25);1H. The van der Waals surface area contributed by atoms with Crippen LogP contribution in [0.3, 0.4) is 0 Å². The first kappa shape index (κ1) is 23.2. The van der Waals surface area contributed by atoms with Crippen molar-refractivity contribution in [2.75, 3.05) is 27.2 Å². The van der Waals surface area contributed by atoms with Gasteiger partial charge >= 0.3 is 0 Å². The van der Waals surface area contributed by atoms with Crippen LogP contribution in [0, 0.1) is 6.92 Å². The van der Waals surface area contributed by atoms with Gasteiger partial charge in [0.2, 0.25) is 0 Å². The Labute approximate surface area is 189 Å². The van der Waals surface area contributed by atoms with Gasteiger partial charge in [0, 0.05) is 33.8 Å². The monoisotopic (exact) mass is 507 g/mol. The van der Waals surface area contributed by atoms with Gasteiger partial charge in [-0.05, 0) is 31.0 Å². The van der Waals surface area contributed by atoms with Crippen LogP contribution >= 0.6 is 24.0 Å². The molecule has 2 N–H and O–H groups in total. The number of aliphatic imine (C=N–C) groups is 1. The molecule has 6 nitrogen and oxygen atoms in total.